The van der Waals surface area contributed by atoms with Crippen LogP contribution in [-0.4, -0.2) is 37.0 Å². The summed E-state index contributed by atoms with van der Waals surface area (Å²) in [5.41, 5.74) is 8.89. The first-order valence-electron chi connectivity index (χ1n) is 12.0. The number of aliphatic carboxylic acids is 1. The number of rotatable bonds is 11. The van der Waals surface area contributed by atoms with Gasteiger partial charge in [-0.25, -0.2) is 8.78 Å². The first kappa shape index (κ1) is 25.6. The van der Waals surface area contributed by atoms with E-state index < -0.39 is 24.5 Å². The largest absolute Gasteiger partial charge is 0.489 e. The van der Waals surface area contributed by atoms with Crippen molar-refractivity contribution < 1.29 is 28.2 Å². The van der Waals surface area contributed by atoms with Crippen LogP contribution in [0.3, 0.4) is 0 Å². The normalized spacial score (nSPS) is 16.0. The molecule has 36 heavy (non-hydrogen) atoms. The molecule has 0 saturated carbocycles. The maximum Gasteiger partial charge on any atom is 0.307 e. The number of nitrogens with two attached hydrogens (primary N) is 1. The number of halogens is 2. The fraction of sp³-hybridized carbons (Fsp3) is 0.321. The van der Waals surface area contributed by atoms with Gasteiger partial charge in [0.1, 0.15) is 24.8 Å². The minimum Gasteiger partial charge on any atom is -0.489 e. The number of hydrogen-bond acceptors (Lipinski definition) is 5. The lowest BCUT2D eigenvalue weighted by molar-refractivity contribution is -0.136. The van der Waals surface area contributed by atoms with Crippen molar-refractivity contribution in [1.29, 1.82) is 0 Å². The van der Waals surface area contributed by atoms with Crippen LogP contribution in [-0.2, 0) is 22.6 Å². The Hall–Kier alpha value is -3.49. The molecule has 8 heteroatoms. The molecule has 1 heterocycles. The SMILES string of the molecule is NC(CF)c1cccc(-c2cc(COc3ccccc3CC(=O)O)cc(NCC3CCCO3)c2)c1F. The standard InChI is InChI=1S/C28H30F2N2O4/c29-15-25(31)24-8-3-7-23(28(24)30)20-11-18(12-21(13-20)32-16-22-6-4-10-35-22)17-36-26-9-2-1-5-19(26)14-27(33)34/h1-3,5,7-9,11-13,22,25,32H,4,6,10,14-17,31H2,(H,33,34). The van der Waals surface area contributed by atoms with Crippen LogP contribution in [0, 0.1) is 5.82 Å². The van der Waals surface area contributed by atoms with E-state index in [2.05, 4.69) is 5.32 Å². The van der Waals surface area contributed by atoms with Crippen LogP contribution < -0.4 is 15.8 Å². The van der Waals surface area contributed by atoms with Gasteiger partial charge in [0, 0.05) is 35.5 Å². The van der Waals surface area contributed by atoms with Crippen LogP contribution in [0.25, 0.3) is 11.1 Å². The van der Waals surface area contributed by atoms with E-state index in [4.69, 9.17) is 15.2 Å². The molecule has 0 radical (unpaired) electrons. The lowest BCUT2D eigenvalue weighted by atomic mass is 9.97. The van der Waals surface area contributed by atoms with Gasteiger partial charge < -0.3 is 25.6 Å². The Labute approximate surface area is 209 Å². The first-order chi connectivity index (χ1) is 17.4. The van der Waals surface area contributed by atoms with E-state index in [9.17, 15) is 14.3 Å². The van der Waals surface area contributed by atoms with E-state index in [1.165, 1.54) is 6.07 Å². The van der Waals surface area contributed by atoms with E-state index in [1.54, 1.807) is 42.5 Å². The first-order valence-corrected chi connectivity index (χ1v) is 12.0. The second kappa shape index (κ2) is 12.0. The van der Waals surface area contributed by atoms with Gasteiger partial charge in [0.25, 0.3) is 0 Å². The zero-order valence-corrected chi connectivity index (χ0v) is 19.9. The quantitative estimate of drug-likeness (QED) is 0.335. The lowest BCUT2D eigenvalue weighted by Gasteiger charge is -2.17. The van der Waals surface area contributed by atoms with Gasteiger partial charge >= 0.3 is 5.97 Å². The average molecular weight is 497 g/mol. The third kappa shape index (κ3) is 6.38. The van der Waals surface area contributed by atoms with Crippen molar-refractivity contribution in [3.8, 4) is 16.9 Å². The summed E-state index contributed by atoms with van der Waals surface area (Å²) in [6.07, 6.45) is 1.95. The highest BCUT2D eigenvalue weighted by Crippen LogP contribution is 2.31. The fourth-order valence-corrected chi connectivity index (χ4v) is 4.33. The van der Waals surface area contributed by atoms with Crippen LogP contribution in [0.4, 0.5) is 14.5 Å². The number of nitrogens with one attached hydrogen (secondary N) is 1. The van der Waals surface area contributed by atoms with Crippen molar-refractivity contribution >= 4 is 11.7 Å². The van der Waals surface area contributed by atoms with Crippen LogP contribution in [0.5, 0.6) is 5.75 Å². The highest BCUT2D eigenvalue weighted by Gasteiger charge is 2.18. The van der Waals surface area contributed by atoms with Gasteiger partial charge in [-0.2, -0.15) is 0 Å². The van der Waals surface area contributed by atoms with Crippen LogP contribution in [0.2, 0.25) is 0 Å². The molecule has 0 aliphatic carbocycles. The molecule has 0 aromatic heterocycles. The highest BCUT2D eigenvalue weighted by atomic mass is 19.1. The number of carboxylic acid groups (broad SMARTS) is 1. The molecule has 0 bridgehead atoms. The maximum atomic E-state index is 15.3. The van der Waals surface area contributed by atoms with Crippen molar-refractivity contribution in [3.63, 3.8) is 0 Å². The number of alkyl halides is 1. The molecule has 2 unspecified atom stereocenters. The van der Waals surface area contributed by atoms with Crippen molar-refractivity contribution in [3.05, 3.63) is 83.2 Å². The van der Waals surface area contributed by atoms with Crippen molar-refractivity contribution in [2.24, 2.45) is 5.73 Å². The van der Waals surface area contributed by atoms with E-state index >= 15 is 4.39 Å². The molecule has 3 aromatic rings. The van der Waals surface area contributed by atoms with Crippen LogP contribution >= 0.6 is 0 Å². The number of para-hydroxylation sites is 1. The third-order valence-electron chi connectivity index (χ3n) is 6.16. The molecule has 1 aliphatic heterocycles. The molecule has 4 rings (SSSR count). The highest BCUT2D eigenvalue weighted by molar-refractivity contribution is 5.72. The molecule has 1 aliphatic rings. The summed E-state index contributed by atoms with van der Waals surface area (Å²) in [5, 5.41) is 12.6. The Kier molecular flexibility index (Phi) is 8.51. The van der Waals surface area contributed by atoms with Crippen molar-refractivity contribution in [2.45, 2.75) is 38.0 Å². The molecule has 0 spiro atoms. The number of hydrogen-bond donors (Lipinski definition) is 3. The van der Waals surface area contributed by atoms with Crippen molar-refractivity contribution in [1.82, 2.24) is 0 Å². The Bertz CT molecular complexity index is 1200. The van der Waals surface area contributed by atoms with E-state index in [-0.39, 0.29) is 24.7 Å². The molecule has 3 aromatic carbocycles. The van der Waals surface area contributed by atoms with Gasteiger partial charge in [-0.3, -0.25) is 4.79 Å². The van der Waals surface area contributed by atoms with Gasteiger partial charge in [-0.1, -0.05) is 36.4 Å². The Balaban J connectivity index is 1.64. The summed E-state index contributed by atoms with van der Waals surface area (Å²) >= 11 is 0. The molecule has 1 saturated heterocycles. The smallest absolute Gasteiger partial charge is 0.307 e. The molecule has 0 amide bonds. The molecular weight excluding hydrogens is 466 g/mol. The summed E-state index contributed by atoms with van der Waals surface area (Å²) in [7, 11) is 0. The molecule has 6 nitrogen and oxygen atoms in total. The molecular formula is C28H30F2N2O4. The minimum absolute atomic E-state index is 0.110. The molecule has 1 fully saturated rings. The number of benzene rings is 3. The summed E-state index contributed by atoms with van der Waals surface area (Å²) in [5.74, 6) is -1.03. The predicted molar refractivity (Wildman–Crippen MR) is 134 cm³/mol. The topological polar surface area (TPSA) is 93.8 Å². The van der Waals surface area contributed by atoms with E-state index in [0.29, 0.717) is 29.0 Å². The number of carbonyl (C=O) groups is 1. The predicted octanol–water partition coefficient (Wildman–Crippen LogP) is 5.26. The summed E-state index contributed by atoms with van der Waals surface area (Å²) in [4.78, 5) is 11.2. The summed E-state index contributed by atoms with van der Waals surface area (Å²) in [6, 6.07) is 16.3. The second-order valence-electron chi connectivity index (χ2n) is 8.87. The minimum atomic E-state index is -1.04. The monoisotopic (exact) mass is 496 g/mol. The van der Waals surface area contributed by atoms with Gasteiger partial charge in [-0.05, 0) is 48.2 Å². The van der Waals surface area contributed by atoms with Gasteiger partial charge in [-0.15, -0.1) is 0 Å². The number of anilines is 1. The Morgan fingerprint density at radius 3 is 2.78 bits per heavy atom. The van der Waals surface area contributed by atoms with Crippen molar-refractivity contribution in [2.75, 3.05) is 25.1 Å². The van der Waals surface area contributed by atoms with E-state index in [0.717, 1.165) is 30.7 Å². The zero-order chi connectivity index (χ0) is 25.5. The molecule has 190 valence electrons. The Morgan fingerprint density at radius 2 is 2.03 bits per heavy atom. The average Bonchev–Trinajstić information content (AvgIpc) is 3.40. The maximum absolute atomic E-state index is 15.3. The lowest BCUT2D eigenvalue weighted by Crippen LogP contribution is -2.18. The molecule has 4 N–H and O–H groups in total. The second-order valence-corrected chi connectivity index (χ2v) is 8.87. The fourth-order valence-electron chi connectivity index (χ4n) is 4.33. The molecule has 2 atom stereocenters. The number of ether oxygens (including phenoxy) is 2. The van der Waals surface area contributed by atoms with E-state index in [1.807, 2.05) is 12.1 Å². The zero-order valence-electron chi connectivity index (χ0n) is 19.9. The van der Waals surface area contributed by atoms with Crippen LogP contribution in [0.15, 0.2) is 60.7 Å². The van der Waals surface area contributed by atoms with Gasteiger partial charge in [0.15, 0.2) is 0 Å². The summed E-state index contributed by atoms with van der Waals surface area (Å²) < 4.78 is 40.2. The van der Waals surface area contributed by atoms with Gasteiger partial charge in [0.2, 0.25) is 0 Å². The Morgan fingerprint density at radius 1 is 1.19 bits per heavy atom. The number of carboxylic acids is 1. The van der Waals surface area contributed by atoms with Gasteiger partial charge in [0.05, 0.1) is 18.6 Å². The van der Waals surface area contributed by atoms with Crippen LogP contribution in [0.1, 0.15) is 35.6 Å². The summed E-state index contributed by atoms with van der Waals surface area (Å²) in [6.45, 7) is 0.636. The third-order valence-corrected chi connectivity index (χ3v) is 6.16.